The highest BCUT2D eigenvalue weighted by Crippen LogP contribution is 2.10. The number of nitrogens with one attached hydrogen (secondary N) is 4. The third kappa shape index (κ3) is 9.86. The lowest BCUT2D eigenvalue weighted by Crippen LogP contribution is -2.58. The molecule has 0 aromatic rings. The van der Waals surface area contributed by atoms with Gasteiger partial charge in [0.25, 0.3) is 0 Å². The third-order valence-electron chi connectivity index (χ3n) is 4.98. The molecular weight excluding hydrogens is 438 g/mol. The first-order valence-corrected chi connectivity index (χ1v) is 12.1. The molecule has 0 aromatic carbocycles. The molecule has 0 aliphatic carbocycles. The van der Waals surface area contributed by atoms with Gasteiger partial charge in [-0.3, -0.25) is 19.2 Å². The minimum absolute atomic E-state index is 0.0638. The summed E-state index contributed by atoms with van der Waals surface area (Å²) in [6.45, 7) is 4.50. The van der Waals surface area contributed by atoms with Crippen LogP contribution in [-0.4, -0.2) is 77.4 Å². The molecule has 12 heteroatoms. The zero-order chi connectivity index (χ0) is 24.3. The number of amides is 4. The number of carboxylic acids is 1. The summed E-state index contributed by atoms with van der Waals surface area (Å²) in [6.07, 6.45) is 3.34. The van der Waals surface area contributed by atoms with Crippen LogP contribution in [0, 0.1) is 5.92 Å². The Morgan fingerprint density at radius 3 is 2.19 bits per heavy atom. The van der Waals surface area contributed by atoms with Crippen LogP contribution in [0.5, 0.6) is 0 Å². The van der Waals surface area contributed by atoms with Gasteiger partial charge in [0.1, 0.15) is 18.1 Å². The van der Waals surface area contributed by atoms with Crippen LogP contribution in [0.15, 0.2) is 0 Å². The van der Waals surface area contributed by atoms with Crippen molar-refractivity contribution in [3.63, 3.8) is 0 Å². The van der Waals surface area contributed by atoms with Crippen molar-refractivity contribution >= 4 is 41.4 Å². The smallest absolute Gasteiger partial charge is 0.326 e. The number of primary amides is 1. The normalized spacial score (nSPS) is 18.4. The molecule has 0 radical (unpaired) electrons. The molecule has 1 saturated heterocycles. The van der Waals surface area contributed by atoms with Gasteiger partial charge in [-0.05, 0) is 50.2 Å². The number of nitrogens with two attached hydrogens (primary N) is 1. The summed E-state index contributed by atoms with van der Waals surface area (Å²) < 4.78 is 0. The number of hydrogen-bond donors (Lipinski definition) is 6. The fourth-order valence-electron chi connectivity index (χ4n) is 3.33. The minimum atomic E-state index is -1.35. The zero-order valence-electron chi connectivity index (χ0n) is 18.8. The summed E-state index contributed by atoms with van der Waals surface area (Å²) >= 11 is 1.43. The maximum Gasteiger partial charge on any atom is 0.326 e. The number of rotatable bonds is 14. The van der Waals surface area contributed by atoms with E-state index in [1.807, 2.05) is 13.8 Å². The van der Waals surface area contributed by atoms with E-state index in [1.165, 1.54) is 11.8 Å². The molecule has 0 bridgehead atoms. The van der Waals surface area contributed by atoms with Crippen LogP contribution >= 0.6 is 11.8 Å². The minimum Gasteiger partial charge on any atom is -0.480 e. The second kappa shape index (κ2) is 13.9. The van der Waals surface area contributed by atoms with Crippen LogP contribution in [0.25, 0.3) is 0 Å². The van der Waals surface area contributed by atoms with E-state index in [-0.39, 0.29) is 24.3 Å². The van der Waals surface area contributed by atoms with Gasteiger partial charge in [-0.1, -0.05) is 13.8 Å². The average Bonchev–Trinajstić information content (AvgIpc) is 3.23. The summed E-state index contributed by atoms with van der Waals surface area (Å²) in [6, 6.07) is -3.82. The molecule has 1 heterocycles. The summed E-state index contributed by atoms with van der Waals surface area (Å²) in [5.74, 6) is -3.25. The average molecular weight is 474 g/mol. The maximum atomic E-state index is 12.9. The second-order valence-electron chi connectivity index (χ2n) is 8.25. The summed E-state index contributed by atoms with van der Waals surface area (Å²) in [4.78, 5) is 61.0. The van der Waals surface area contributed by atoms with Gasteiger partial charge < -0.3 is 32.1 Å². The van der Waals surface area contributed by atoms with Crippen molar-refractivity contribution in [2.45, 2.75) is 70.1 Å². The van der Waals surface area contributed by atoms with Crippen LogP contribution in [0.4, 0.5) is 0 Å². The largest absolute Gasteiger partial charge is 0.480 e. The Labute approximate surface area is 192 Å². The van der Waals surface area contributed by atoms with E-state index < -0.39 is 48.2 Å². The van der Waals surface area contributed by atoms with Crippen LogP contribution in [0.3, 0.4) is 0 Å². The molecule has 11 nitrogen and oxygen atoms in total. The lowest BCUT2D eigenvalue weighted by molar-refractivity contribution is -0.142. The first-order valence-electron chi connectivity index (χ1n) is 10.7. The van der Waals surface area contributed by atoms with Crippen molar-refractivity contribution in [3.8, 4) is 0 Å². The quantitative estimate of drug-likeness (QED) is 0.185. The first kappa shape index (κ1) is 27.7. The zero-order valence-corrected chi connectivity index (χ0v) is 19.6. The fourth-order valence-corrected chi connectivity index (χ4v) is 3.80. The number of carbonyl (C=O) groups excluding carboxylic acids is 4. The molecule has 0 saturated carbocycles. The van der Waals surface area contributed by atoms with Crippen molar-refractivity contribution in [2.75, 3.05) is 18.6 Å². The highest BCUT2D eigenvalue weighted by atomic mass is 32.2. The number of aliphatic carboxylic acids is 1. The molecule has 4 amide bonds. The molecule has 1 aliphatic heterocycles. The van der Waals surface area contributed by atoms with Gasteiger partial charge in [0.15, 0.2) is 0 Å². The standard InChI is InChI=1S/C20H35N5O6S/c1-11(2)9-14(24-17(27)12-5-4-7-22-12)18(28)25-15(10-16(21)26)19(29)23-13(20(30)31)6-8-32-3/h11-15,22H,4-10H2,1-3H3,(H2,21,26)(H,23,29)(H,24,27)(H,25,28)(H,30,31). The fraction of sp³-hybridized carbons (Fsp3) is 0.750. The Hall–Kier alpha value is -2.34. The van der Waals surface area contributed by atoms with Gasteiger partial charge in [-0.25, -0.2) is 4.79 Å². The van der Waals surface area contributed by atoms with Crippen molar-refractivity contribution in [1.29, 1.82) is 0 Å². The van der Waals surface area contributed by atoms with Gasteiger partial charge in [0, 0.05) is 0 Å². The van der Waals surface area contributed by atoms with Crippen LogP contribution in [0.1, 0.15) is 46.0 Å². The summed E-state index contributed by atoms with van der Waals surface area (Å²) in [5, 5.41) is 19.9. The van der Waals surface area contributed by atoms with E-state index in [1.54, 1.807) is 6.26 Å². The molecule has 0 spiro atoms. The number of hydrogen-bond acceptors (Lipinski definition) is 7. The summed E-state index contributed by atoms with van der Waals surface area (Å²) in [7, 11) is 0. The topological polar surface area (TPSA) is 180 Å². The summed E-state index contributed by atoms with van der Waals surface area (Å²) in [5.41, 5.74) is 5.23. The second-order valence-corrected chi connectivity index (χ2v) is 9.24. The van der Waals surface area contributed by atoms with E-state index in [4.69, 9.17) is 5.73 Å². The predicted octanol–water partition coefficient (Wildman–Crippen LogP) is -1.05. The molecule has 1 fully saturated rings. The van der Waals surface area contributed by atoms with Gasteiger partial charge in [0.05, 0.1) is 12.5 Å². The van der Waals surface area contributed by atoms with Crippen molar-refractivity contribution in [1.82, 2.24) is 21.3 Å². The Morgan fingerprint density at radius 1 is 1.06 bits per heavy atom. The molecule has 0 aromatic heterocycles. The molecular formula is C20H35N5O6S. The van der Waals surface area contributed by atoms with Crippen LogP contribution < -0.4 is 27.0 Å². The van der Waals surface area contributed by atoms with Gasteiger partial charge in [-0.2, -0.15) is 11.8 Å². The molecule has 1 aliphatic rings. The number of thioether (sulfide) groups is 1. The maximum absolute atomic E-state index is 12.9. The van der Waals surface area contributed by atoms with Gasteiger partial charge in [-0.15, -0.1) is 0 Å². The Kier molecular flexibility index (Phi) is 12.1. The van der Waals surface area contributed by atoms with E-state index in [9.17, 15) is 29.1 Å². The predicted molar refractivity (Wildman–Crippen MR) is 121 cm³/mol. The lowest BCUT2D eigenvalue weighted by Gasteiger charge is -2.25. The molecule has 1 rings (SSSR count). The molecule has 4 atom stereocenters. The van der Waals surface area contributed by atoms with E-state index in [2.05, 4.69) is 21.3 Å². The van der Waals surface area contributed by atoms with Crippen LogP contribution in [0.2, 0.25) is 0 Å². The molecule has 32 heavy (non-hydrogen) atoms. The van der Waals surface area contributed by atoms with Crippen LogP contribution in [-0.2, 0) is 24.0 Å². The first-order chi connectivity index (χ1) is 15.0. The van der Waals surface area contributed by atoms with Gasteiger partial charge >= 0.3 is 5.97 Å². The van der Waals surface area contributed by atoms with Crippen molar-refractivity contribution < 1.29 is 29.1 Å². The third-order valence-corrected chi connectivity index (χ3v) is 5.62. The molecule has 182 valence electrons. The Bertz CT molecular complexity index is 683. The van der Waals surface area contributed by atoms with Gasteiger partial charge in [0.2, 0.25) is 23.6 Å². The van der Waals surface area contributed by atoms with E-state index >= 15 is 0 Å². The lowest BCUT2D eigenvalue weighted by atomic mass is 10.0. The van der Waals surface area contributed by atoms with Crippen molar-refractivity contribution in [3.05, 3.63) is 0 Å². The molecule has 4 unspecified atom stereocenters. The molecule has 7 N–H and O–H groups in total. The Morgan fingerprint density at radius 2 is 1.69 bits per heavy atom. The van der Waals surface area contributed by atoms with E-state index in [0.29, 0.717) is 18.6 Å². The highest BCUT2D eigenvalue weighted by molar-refractivity contribution is 7.98. The number of carbonyl (C=O) groups is 5. The highest BCUT2D eigenvalue weighted by Gasteiger charge is 2.32. The van der Waals surface area contributed by atoms with Crippen molar-refractivity contribution in [2.24, 2.45) is 11.7 Å². The SMILES string of the molecule is CSCCC(NC(=O)C(CC(N)=O)NC(=O)C(CC(C)C)NC(=O)C1CCCN1)C(=O)O. The Balaban J connectivity index is 2.90. The van der Waals surface area contributed by atoms with E-state index in [0.717, 1.165) is 13.0 Å². The monoisotopic (exact) mass is 473 g/mol. The number of carboxylic acid groups (broad SMARTS) is 1.